The van der Waals surface area contributed by atoms with Crippen LogP contribution in [0.3, 0.4) is 0 Å². The zero-order valence-electron chi connectivity index (χ0n) is 20.8. The molecule has 3 aromatic rings. The molecule has 0 saturated carbocycles. The highest BCUT2D eigenvalue weighted by Crippen LogP contribution is 2.48. The fourth-order valence-electron chi connectivity index (χ4n) is 4.86. The second-order valence-corrected chi connectivity index (χ2v) is 10.9. The molecule has 1 fully saturated rings. The standard InChI is InChI=1S/C28H27ClN4O4S/c1-36-25(34)24-22(14-23(38-24)18-4-8-21(29)9-5-18)33-26(35)28(10-12-37-13-11-28)20-6-2-17(3-7-20)19-15-31-27(30)32-16-19/h2-9,15-16,23H,10-14H2,1H3,(H,33,35)(H2,30,31,32). The number of nitrogens with zero attached hydrogens (tertiary/aromatic N) is 2. The number of aromatic nitrogens is 2. The molecule has 3 heterocycles. The van der Waals surface area contributed by atoms with Crippen molar-refractivity contribution in [3.05, 3.63) is 87.7 Å². The third-order valence-electron chi connectivity index (χ3n) is 7.02. The van der Waals surface area contributed by atoms with Crippen molar-refractivity contribution < 1.29 is 19.1 Å². The number of nitrogen functional groups attached to an aromatic ring is 1. The van der Waals surface area contributed by atoms with Crippen molar-refractivity contribution in [3.8, 4) is 11.1 Å². The molecular weight excluding hydrogens is 524 g/mol. The SMILES string of the molecule is COC(=O)C1=C(NC(=O)C2(c3ccc(-c4cnc(N)nc4)cc3)CCOCC2)CC(c2ccc(Cl)cc2)S1. The number of carbonyl (C=O) groups is 2. The van der Waals surface area contributed by atoms with Gasteiger partial charge in [-0.2, -0.15) is 0 Å². The number of nitrogens with one attached hydrogen (secondary N) is 1. The van der Waals surface area contributed by atoms with E-state index < -0.39 is 11.4 Å². The molecule has 10 heteroatoms. The minimum Gasteiger partial charge on any atom is -0.465 e. The van der Waals surface area contributed by atoms with Crippen molar-refractivity contribution in [1.82, 2.24) is 15.3 Å². The normalized spacial score (nSPS) is 18.7. The van der Waals surface area contributed by atoms with Gasteiger partial charge < -0.3 is 20.5 Å². The van der Waals surface area contributed by atoms with Gasteiger partial charge in [0.05, 0.1) is 12.5 Å². The first-order valence-electron chi connectivity index (χ1n) is 12.2. The lowest BCUT2D eigenvalue weighted by Crippen LogP contribution is -2.47. The topological polar surface area (TPSA) is 116 Å². The van der Waals surface area contributed by atoms with Crippen LogP contribution in [0.2, 0.25) is 5.02 Å². The van der Waals surface area contributed by atoms with Crippen LogP contribution >= 0.6 is 23.4 Å². The molecule has 2 aliphatic rings. The van der Waals surface area contributed by atoms with Crippen molar-refractivity contribution in [2.24, 2.45) is 0 Å². The van der Waals surface area contributed by atoms with Gasteiger partial charge in [0.2, 0.25) is 11.9 Å². The highest BCUT2D eigenvalue weighted by molar-refractivity contribution is 8.04. The number of rotatable bonds is 6. The van der Waals surface area contributed by atoms with Crippen LogP contribution in [0.25, 0.3) is 11.1 Å². The summed E-state index contributed by atoms with van der Waals surface area (Å²) in [5.74, 6) is -0.400. The summed E-state index contributed by atoms with van der Waals surface area (Å²) in [6.45, 7) is 0.929. The molecule has 2 aromatic carbocycles. The van der Waals surface area contributed by atoms with Crippen molar-refractivity contribution >= 4 is 41.2 Å². The van der Waals surface area contributed by atoms with Crippen LogP contribution in [0.5, 0.6) is 0 Å². The molecule has 0 radical (unpaired) electrons. The maximum atomic E-state index is 14.0. The highest BCUT2D eigenvalue weighted by atomic mass is 35.5. The van der Waals surface area contributed by atoms with Crippen molar-refractivity contribution in [2.75, 3.05) is 26.1 Å². The monoisotopic (exact) mass is 550 g/mol. The predicted molar refractivity (Wildman–Crippen MR) is 147 cm³/mol. The number of anilines is 1. The smallest absolute Gasteiger partial charge is 0.346 e. The molecule has 2 aliphatic heterocycles. The van der Waals surface area contributed by atoms with E-state index in [0.29, 0.717) is 48.1 Å². The Balaban J connectivity index is 1.42. The van der Waals surface area contributed by atoms with E-state index >= 15 is 0 Å². The van der Waals surface area contributed by atoms with Crippen molar-refractivity contribution in [1.29, 1.82) is 0 Å². The largest absolute Gasteiger partial charge is 0.465 e. The summed E-state index contributed by atoms with van der Waals surface area (Å²) in [5, 5.41) is 3.72. The first-order chi connectivity index (χ1) is 18.4. The number of hydrogen-bond acceptors (Lipinski definition) is 8. The Morgan fingerprint density at radius 3 is 2.34 bits per heavy atom. The lowest BCUT2D eigenvalue weighted by Gasteiger charge is -2.36. The number of benzene rings is 2. The predicted octanol–water partition coefficient (Wildman–Crippen LogP) is 4.81. The van der Waals surface area contributed by atoms with E-state index in [0.717, 1.165) is 22.3 Å². The van der Waals surface area contributed by atoms with Gasteiger partial charge in [-0.15, -0.1) is 11.8 Å². The molecule has 38 heavy (non-hydrogen) atoms. The fourth-order valence-corrected chi connectivity index (χ4v) is 6.27. The van der Waals surface area contributed by atoms with Crippen LogP contribution in [-0.4, -0.2) is 42.2 Å². The van der Waals surface area contributed by atoms with Gasteiger partial charge in [0, 0.05) is 53.6 Å². The minimum atomic E-state index is -0.800. The van der Waals surface area contributed by atoms with Gasteiger partial charge in [0.1, 0.15) is 4.91 Å². The van der Waals surface area contributed by atoms with Gasteiger partial charge in [-0.25, -0.2) is 14.8 Å². The van der Waals surface area contributed by atoms with Crippen LogP contribution in [0.4, 0.5) is 5.95 Å². The molecule has 0 spiro atoms. The number of esters is 1. The maximum Gasteiger partial charge on any atom is 0.346 e. The van der Waals surface area contributed by atoms with E-state index in [1.807, 2.05) is 48.5 Å². The molecule has 1 amide bonds. The summed E-state index contributed by atoms with van der Waals surface area (Å²) in [4.78, 5) is 35.2. The van der Waals surface area contributed by atoms with E-state index in [9.17, 15) is 9.59 Å². The molecule has 0 bridgehead atoms. The second kappa shape index (κ2) is 11.1. The number of nitrogens with two attached hydrogens (primary N) is 1. The third kappa shape index (κ3) is 5.27. The number of ether oxygens (including phenoxy) is 2. The molecule has 1 unspecified atom stereocenters. The lowest BCUT2D eigenvalue weighted by atomic mass is 9.73. The lowest BCUT2D eigenvalue weighted by molar-refractivity contribution is -0.135. The Labute approximate surface area is 230 Å². The Kier molecular flexibility index (Phi) is 7.69. The Hall–Kier alpha value is -3.40. The number of halogens is 1. The molecular formula is C28H27ClN4O4S. The van der Waals surface area contributed by atoms with Crippen molar-refractivity contribution in [2.45, 2.75) is 29.9 Å². The zero-order valence-corrected chi connectivity index (χ0v) is 22.3. The van der Waals surface area contributed by atoms with Crippen molar-refractivity contribution in [3.63, 3.8) is 0 Å². The molecule has 1 saturated heterocycles. The average Bonchev–Trinajstić information content (AvgIpc) is 3.37. The summed E-state index contributed by atoms with van der Waals surface area (Å²) >= 11 is 7.45. The minimum absolute atomic E-state index is 0.0382. The zero-order chi connectivity index (χ0) is 26.7. The molecule has 3 N–H and O–H groups in total. The first kappa shape index (κ1) is 26.2. The molecule has 5 rings (SSSR count). The first-order valence-corrected chi connectivity index (χ1v) is 13.5. The number of amides is 1. The highest BCUT2D eigenvalue weighted by Gasteiger charge is 2.43. The van der Waals surface area contributed by atoms with Gasteiger partial charge >= 0.3 is 5.97 Å². The van der Waals surface area contributed by atoms with E-state index in [-0.39, 0.29) is 17.1 Å². The van der Waals surface area contributed by atoms with Crippen LogP contribution in [-0.2, 0) is 24.5 Å². The number of methoxy groups -OCH3 is 1. The van der Waals surface area contributed by atoms with E-state index in [2.05, 4.69) is 15.3 Å². The molecule has 1 atom stereocenters. The van der Waals surface area contributed by atoms with E-state index in [1.54, 1.807) is 12.4 Å². The summed E-state index contributed by atoms with van der Waals surface area (Å²) in [7, 11) is 1.35. The van der Waals surface area contributed by atoms with Crippen LogP contribution in [0, 0.1) is 0 Å². The van der Waals surface area contributed by atoms with Crippen LogP contribution in [0.1, 0.15) is 35.6 Å². The van der Waals surface area contributed by atoms with E-state index in [4.69, 9.17) is 26.8 Å². The maximum absolute atomic E-state index is 14.0. The van der Waals surface area contributed by atoms with Gasteiger partial charge in [-0.05, 0) is 41.7 Å². The van der Waals surface area contributed by atoms with Crippen LogP contribution < -0.4 is 11.1 Å². The molecule has 8 nitrogen and oxygen atoms in total. The van der Waals surface area contributed by atoms with Gasteiger partial charge in [-0.1, -0.05) is 48.0 Å². The van der Waals surface area contributed by atoms with E-state index in [1.165, 1.54) is 18.9 Å². The number of thioether (sulfide) groups is 1. The molecule has 196 valence electrons. The summed E-state index contributed by atoms with van der Waals surface area (Å²) in [6, 6.07) is 15.4. The third-order valence-corrected chi connectivity index (χ3v) is 8.65. The number of carbonyl (C=O) groups excluding carboxylic acids is 2. The fraction of sp³-hybridized carbons (Fsp3) is 0.286. The Bertz CT molecular complexity index is 1360. The van der Waals surface area contributed by atoms with Crippen LogP contribution in [0.15, 0.2) is 71.5 Å². The quantitative estimate of drug-likeness (QED) is 0.420. The summed E-state index contributed by atoms with van der Waals surface area (Å²) in [5.41, 5.74) is 9.05. The number of hydrogen-bond donors (Lipinski definition) is 2. The molecule has 0 aliphatic carbocycles. The van der Waals surface area contributed by atoms with Gasteiger partial charge in [0.25, 0.3) is 0 Å². The second-order valence-electron chi connectivity index (χ2n) is 9.22. The molecule has 1 aromatic heterocycles. The summed E-state index contributed by atoms with van der Waals surface area (Å²) < 4.78 is 10.7. The summed E-state index contributed by atoms with van der Waals surface area (Å²) in [6.07, 6.45) is 4.88. The Morgan fingerprint density at radius 2 is 1.71 bits per heavy atom. The van der Waals surface area contributed by atoms with Gasteiger partial charge in [-0.3, -0.25) is 4.79 Å². The van der Waals surface area contributed by atoms with Gasteiger partial charge in [0.15, 0.2) is 0 Å². The Morgan fingerprint density at radius 1 is 1.05 bits per heavy atom. The number of allylic oxidation sites excluding steroid dienone is 1. The average molecular weight is 551 g/mol.